The van der Waals surface area contributed by atoms with Gasteiger partial charge >= 0.3 is 6.18 Å². The van der Waals surface area contributed by atoms with Gasteiger partial charge in [-0.3, -0.25) is 14.5 Å². The van der Waals surface area contributed by atoms with Gasteiger partial charge in [0.2, 0.25) is 11.8 Å². The van der Waals surface area contributed by atoms with Gasteiger partial charge in [-0.15, -0.1) is 0 Å². The second kappa shape index (κ2) is 9.42. The van der Waals surface area contributed by atoms with E-state index < -0.39 is 22.9 Å². The number of alkyl halides is 3. The molecule has 1 atom stereocenters. The Morgan fingerprint density at radius 1 is 1.26 bits per heavy atom. The highest BCUT2D eigenvalue weighted by Gasteiger charge is 2.36. The highest BCUT2D eigenvalue weighted by Crippen LogP contribution is 2.34. The lowest BCUT2D eigenvalue weighted by molar-refractivity contribution is -0.137. The van der Waals surface area contributed by atoms with Crippen molar-refractivity contribution in [3.05, 3.63) is 54.1 Å². The highest BCUT2D eigenvalue weighted by molar-refractivity contribution is 8.15. The standard InChI is InChI=1S/C21H20F3N3O3S/c1-3-27-18(28)12-17(19(29)26-15-9-4-5-10-16(15)30-2)31-20(27)25-14-8-6-7-13(11-14)21(22,23)24/h4-11,17H,3,12H2,1-2H3,(H,26,29). The maximum atomic E-state index is 13.0. The van der Waals surface area contributed by atoms with Crippen LogP contribution in [-0.2, 0) is 15.8 Å². The first-order valence-corrected chi connectivity index (χ1v) is 10.3. The highest BCUT2D eigenvalue weighted by atomic mass is 32.2. The Labute approximate surface area is 181 Å². The van der Waals surface area contributed by atoms with Gasteiger partial charge in [0.25, 0.3) is 0 Å². The maximum Gasteiger partial charge on any atom is 0.416 e. The number of amidine groups is 1. The molecular formula is C21H20F3N3O3S. The number of carbonyl (C=O) groups is 2. The van der Waals surface area contributed by atoms with Gasteiger partial charge in [-0.25, -0.2) is 4.99 Å². The molecule has 0 bridgehead atoms. The number of para-hydroxylation sites is 2. The van der Waals surface area contributed by atoms with Crippen LogP contribution in [0.2, 0.25) is 0 Å². The monoisotopic (exact) mass is 451 g/mol. The smallest absolute Gasteiger partial charge is 0.416 e. The SMILES string of the molecule is CCN1C(=O)CC(C(=O)Nc2ccccc2OC)SC1=Nc1cccc(C(F)(F)F)c1. The molecule has 10 heteroatoms. The fourth-order valence-corrected chi connectivity index (χ4v) is 4.14. The minimum atomic E-state index is -4.51. The van der Waals surface area contributed by atoms with Crippen LogP contribution in [0.5, 0.6) is 5.75 Å². The molecule has 2 aromatic rings. The minimum Gasteiger partial charge on any atom is -0.495 e. The number of carbonyl (C=O) groups excluding carboxylic acids is 2. The molecule has 1 fully saturated rings. The second-order valence-electron chi connectivity index (χ2n) is 6.58. The Kier molecular flexibility index (Phi) is 6.89. The third-order valence-corrected chi connectivity index (χ3v) is 5.70. The van der Waals surface area contributed by atoms with Crippen LogP contribution in [-0.4, -0.2) is 40.8 Å². The van der Waals surface area contributed by atoms with Gasteiger partial charge in [0, 0.05) is 13.0 Å². The normalized spacial score (nSPS) is 18.2. The molecule has 1 saturated heterocycles. The van der Waals surface area contributed by atoms with Crippen molar-refractivity contribution in [1.29, 1.82) is 0 Å². The van der Waals surface area contributed by atoms with Gasteiger partial charge in [-0.05, 0) is 37.3 Å². The maximum absolute atomic E-state index is 13.0. The summed E-state index contributed by atoms with van der Waals surface area (Å²) in [5, 5.41) is 2.13. The van der Waals surface area contributed by atoms with Crippen LogP contribution < -0.4 is 10.1 Å². The molecule has 1 unspecified atom stereocenters. The van der Waals surface area contributed by atoms with Crippen LogP contribution in [0.25, 0.3) is 0 Å². The summed E-state index contributed by atoms with van der Waals surface area (Å²) in [6.07, 6.45) is -4.56. The van der Waals surface area contributed by atoms with Gasteiger partial charge in [0.1, 0.15) is 11.0 Å². The molecule has 3 rings (SSSR count). The average molecular weight is 451 g/mol. The average Bonchev–Trinajstić information content (AvgIpc) is 2.73. The van der Waals surface area contributed by atoms with E-state index in [0.29, 0.717) is 11.4 Å². The minimum absolute atomic E-state index is 0.0503. The van der Waals surface area contributed by atoms with Gasteiger partial charge in [0.15, 0.2) is 5.17 Å². The van der Waals surface area contributed by atoms with E-state index in [1.165, 1.54) is 24.1 Å². The number of hydrogen-bond donors (Lipinski definition) is 1. The molecule has 31 heavy (non-hydrogen) atoms. The fourth-order valence-electron chi connectivity index (χ4n) is 2.98. The molecule has 2 aromatic carbocycles. The molecule has 6 nitrogen and oxygen atoms in total. The van der Waals surface area contributed by atoms with Crippen LogP contribution in [0.3, 0.4) is 0 Å². The summed E-state index contributed by atoms with van der Waals surface area (Å²) in [5.41, 5.74) is -0.332. The zero-order chi connectivity index (χ0) is 22.6. The largest absolute Gasteiger partial charge is 0.495 e. The zero-order valence-electron chi connectivity index (χ0n) is 16.8. The van der Waals surface area contributed by atoms with Crippen LogP contribution >= 0.6 is 11.8 Å². The van der Waals surface area contributed by atoms with Crippen molar-refractivity contribution in [3.8, 4) is 5.75 Å². The molecular weight excluding hydrogens is 431 g/mol. The molecule has 164 valence electrons. The van der Waals surface area contributed by atoms with E-state index in [4.69, 9.17) is 4.74 Å². The van der Waals surface area contributed by atoms with E-state index in [0.717, 1.165) is 23.9 Å². The Balaban J connectivity index is 1.86. The number of nitrogens with zero attached hydrogens (tertiary/aromatic N) is 2. The predicted octanol–water partition coefficient (Wildman–Crippen LogP) is 4.69. The summed E-state index contributed by atoms with van der Waals surface area (Å²) < 4.78 is 44.2. The van der Waals surface area contributed by atoms with Crippen molar-refractivity contribution in [2.45, 2.75) is 24.8 Å². The number of halogens is 3. The molecule has 0 saturated carbocycles. The zero-order valence-corrected chi connectivity index (χ0v) is 17.6. The number of thioether (sulfide) groups is 1. The summed E-state index contributed by atoms with van der Waals surface area (Å²) in [5.74, 6) is -0.279. The number of hydrogen-bond acceptors (Lipinski definition) is 5. The van der Waals surface area contributed by atoms with Crippen LogP contribution in [0.15, 0.2) is 53.5 Å². The first-order chi connectivity index (χ1) is 14.7. The molecule has 2 amide bonds. The molecule has 0 aromatic heterocycles. The van der Waals surface area contributed by atoms with Crippen molar-refractivity contribution in [1.82, 2.24) is 4.90 Å². The Morgan fingerprint density at radius 2 is 2.00 bits per heavy atom. The number of methoxy groups -OCH3 is 1. The number of benzene rings is 2. The van der Waals surface area contributed by atoms with Gasteiger partial charge in [-0.2, -0.15) is 13.2 Å². The molecule has 1 aliphatic rings. The summed E-state index contributed by atoms with van der Waals surface area (Å²) in [6.45, 7) is 2.01. The van der Waals surface area contributed by atoms with Crippen molar-refractivity contribution >= 4 is 40.1 Å². The Hall–Kier alpha value is -3.01. The summed E-state index contributed by atoms with van der Waals surface area (Å²) >= 11 is 1.04. The van der Waals surface area contributed by atoms with Gasteiger partial charge < -0.3 is 10.1 Å². The summed E-state index contributed by atoms with van der Waals surface area (Å²) in [6, 6.07) is 11.4. The van der Waals surface area contributed by atoms with Crippen LogP contribution in [0, 0.1) is 0 Å². The number of aliphatic imine (C=N–C) groups is 1. The van der Waals surface area contributed by atoms with Crippen LogP contribution in [0.1, 0.15) is 18.9 Å². The van der Waals surface area contributed by atoms with Crippen molar-refractivity contribution < 1.29 is 27.5 Å². The molecule has 1 heterocycles. The molecule has 0 radical (unpaired) electrons. The topological polar surface area (TPSA) is 71.0 Å². The number of anilines is 1. The molecule has 1 N–H and O–H groups in total. The van der Waals surface area contributed by atoms with E-state index in [9.17, 15) is 22.8 Å². The van der Waals surface area contributed by atoms with Crippen LogP contribution in [0.4, 0.5) is 24.5 Å². The van der Waals surface area contributed by atoms with E-state index in [1.54, 1.807) is 31.2 Å². The lowest BCUT2D eigenvalue weighted by Crippen LogP contribution is -2.45. The predicted molar refractivity (Wildman–Crippen MR) is 114 cm³/mol. The number of rotatable bonds is 5. The van der Waals surface area contributed by atoms with Crippen molar-refractivity contribution in [2.24, 2.45) is 4.99 Å². The molecule has 0 aliphatic carbocycles. The van der Waals surface area contributed by atoms with Crippen molar-refractivity contribution in [3.63, 3.8) is 0 Å². The van der Waals surface area contributed by atoms with E-state index in [1.807, 2.05) is 0 Å². The third-order valence-electron chi connectivity index (χ3n) is 4.51. The second-order valence-corrected chi connectivity index (χ2v) is 7.75. The summed E-state index contributed by atoms with van der Waals surface area (Å²) in [7, 11) is 1.48. The number of amides is 2. The summed E-state index contributed by atoms with van der Waals surface area (Å²) in [4.78, 5) is 31.0. The molecule has 0 spiro atoms. The lowest BCUT2D eigenvalue weighted by atomic mass is 10.2. The van der Waals surface area contributed by atoms with E-state index in [-0.39, 0.29) is 29.7 Å². The first-order valence-electron chi connectivity index (χ1n) is 9.39. The molecule has 1 aliphatic heterocycles. The third kappa shape index (κ3) is 5.38. The Bertz CT molecular complexity index is 1010. The van der Waals surface area contributed by atoms with Gasteiger partial charge in [-0.1, -0.05) is 30.0 Å². The van der Waals surface area contributed by atoms with E-state index >= 15 is 0 Å². The van der Waals surface area contributed by atoms with Crippen molar-refractivity contribution in [2.75, 3.05) is 19.0 Å². The number of ether oxygens (including phenoxy) is 1. The fraction of sp³-hybridized carbons (Fsp3) is 0.286. The number of nitrogens with one attached hydrogen (secondary N) is 1. The Morgan fingerprint density at radius 3 is 2.68 bits per heavy atom. The van der Waals surface area contributed by atoms with Gasteiger partial charge in [0.05, 0.1) is 24.0 Å². The quantitative estimate of drug-likeness (QED) is 0.716. The first kappa shape index (κ1) is 22.7. The lowest BCUT2D eigenvalue weighted by Gasteiger charge is -2.31. The van der Waals surface area contributed by atoms with E-state index in [2.05, 4.69) is 10.3 Å².